The van der Waals surface area contributed by atoms with Crippen molar-refractivity contribution >= 4 is 0 Å². The summed E-state index contributed by atoms with van der Waals surface area (Å²) in [5.41, 5.74) is 0. The first-order valence-electron chi connectivity index (χ1n) is 5.83. The van der Waals surface area contributed by atoms with E-state index in [0.29, 0.717) is 18.6 Å². The third-order valence-electron chi connectivity index (χ3n) is 2.92. The van der Waals surface area contributed by atoms with Crippen molar-refractivity contribution in [2.45, 2.75) is 32.7 Å². The normalized spacial score (nSPS) is 24.4. The Morgan fingerprint density at radius 2 is 2.36 bits per heavy atom. The Balaban J connectivity index is 2.36. The van der Waals surface area contributed by atoms with Crippen molar-refractivity contribution < 1.29 is 5.11 Å². The fourth-order valence-electron chi connectivity index (χ4n) is 2.12. The molecule has 1 aliphatic heterocycles. The zero-order valence-corrected chi connectivity index (χ0v) is 9.50. The lowest BCUT2D eigenvalue weighted by molar-refractivity contribution is 0.142. The molecule has 0 aromatic rings. The van der Waals surface area contributed by atoms with E-state index in [1.165, 1.54) is 12.8 Å². The average Bonchev–Trinajstić information content (AvgIpc) is 2.69. The molecule has 14 heavy (non-hydrogen) atoms. The highest BCUT2D eigenvalue weighted by molar-refractivity contribution is 4.81. The summed E-state index contributed by atoms with van der Waals surface area (Å²) in [7, 11) is 0. The Hall–Kier alpha value is -0.120. The van der Waals surface area contributed by atoms with Crippen LogP contribution in [-0.2, 0) is 0 Å². The van der Waals surface area contributed by atoms with Crippen LogP contribution in [-0.4, -0.2) is 48.8 Å². The number of hydrogen-bond acceptors (Lipinski definition) is 3. The van der Waals surface area contributed by atoms with E-state index in [1.807, 2.05) is 0 Å². The van der Waals surface area contributed by atoms with Crippen molar-refractivity contribution in [2.75, 3.05) is 32.8 Å². The largest absolute Gasteiger partial charge is 0.396 e. The van der Waals surface area contributed by atoms with Crippen LogP contribution in [0, 0.1) is 5.92 Å². The minimum absolute atomic E-state index is 0.306. The van der Waals surface area contributed by atoms with Crippen molar-refractivity contribution in [3.63, 3.8) is 0 Å². The van der Waals surface area contributed by atoms with Gasteiger partial charge >= 0.3 is 0 Å². The second kappa shape index (κ2) is 6.38. The van der Waals surface area contributed by atoms with Crippen LogP contribution in [0.25, 0.3) is 0 Å². The summed E-state index contributed by atoms with van der Waals surface area (Å²) < 4.78 is 0. The molecule has 0 aromatic carbocycles. The first-order valence-corrected chi connectivity index (χ1v) is 5.83. The van der Waals surface area contributed by atoms with Gasteiger partial charge in [0, 0.05) is 25.7 Å². The lowest BCUT2D eigenvalue weighted by atomic mass is 10.1. The van der Waals surface area contributed by atoms with Crippen LogP contribution in [0.2, 0.25) is 0 Å². The molecular weight excluding hydrogens is 176 g/mol. The molecule has 1 rings (SSSR count). The molecule has 0 aromatic heterocycles. The highest BCUT2D eigenvalue weighted by Gasteiger charge is 2.22. The van der Waals surface area contributed by atoms with Crippen LogP contribution in [0.3, 0.4) is 0 Å². The lowest BCUT2D eigenvalue weighted by Crippen LogP contribution is -2.40. The highest BCUT2D eigenvalue weighted by Crippen LogP contribution is 2.11. The van der Waals surface area contributed by atoms with Gasteiger partial charge in [-0.1, -0.05) is 13.8 Å². The number of nitrogens with zero attached hydrogens (tertiary/aromatic N) is 1. The van der Waals surface area contributed by atoms with Crippen LogP contribution in [0.4, 0.5) is 0 Å². The molecule has 1 fully saturated rings. The molecule has 1 aliphatic rings. The van der Waals surface area contributed by atoms with E-state index in [4.69, 9.17) is 5.11 Å². The molecule has 0 bridgehead atoms. The predicted molar refractivity (Wildman–Crippen MR) is 59.4 cm³/mol. The number of hydrogen-bond donors (Lipinski definition) is 2. The summed E-state index contributed by atoms with van der Waals surface area (Å²) in [6, 6.07) is 0.698. The van der Waals surface area contributed by atoms with E-state index in [1.54, 1.807) is 0 Å². The average molecular weight is 200 g/mol. The Morgan fingerprint density at radius 1 is 1.57 bits per heavy atom. The number of rotatable bonds is 6. The third kappa shape index (κ3) is 3.56. The standard InChI is InChI=1S/C11H24N2O/c1-3-6-13(8-10(2)9-14)11-4-5-12-7-11/h10-12,14H,3-9H2,1-2H3. The Morgan fingerprint density at radius 3 is 2.86 bits per heavy atom. The van der Waals surface area contributed by atoms with Gasteiger partial charge in [0.15, 0.2) is 0 Å². The quantitative estimate of drug-likeness (QED) is 0.662. The summed E-state index contributed by atoms with van der Waals surface area (Å²) in [4.78, 5) is 2.53. The van der Waals surface area contributed by atoms with E-state index in [2.05, 4.69) is 24.1 Å². The molecular formula is C11H24N2O. The molecule has 0 spiro atoms. The van der Waals surface area contributed by atoms with Crippen molar-refractivity contribution in [2.24, 2.45) is 5.92 Å². The minimum atomic E-state index is 0.306. The van der Waals surface area contributed by atoms with Crippen LogP contribution in [0.1, 0.15) is 26.7 Å². The van der Waals surface area contributed by atoms with Gasteiger partial charge in [-0.2, -0.15) is 0 Å². The molecule has 0 radical (unpaired) electrons. The molecule has 2 unspecified atom stereocenters. The summed E-state index contributed by atoms with van der Waals surface area (Å²) in [6.45, 7) is 9.12. The molecule has 2 atom stereocenters. The van der Waals surface area contributed by atoms with Gasteiger partial charge in [0.05, 0.1) is 0 Å². The SMILES string of the molecule is CCCN(CC(C)CO)C1CCNC1. The van der Waals surface area contributed by atoms with Crippen molar-refractivity contribution in [3.05, 3.63) is 0 Å². The maximum Gasteiger partial charge on any atom is 0.0468 e. The first kappa shape index (κ1) is 12.0. The van der Waals surface area contributed by atoms with Gasteiger partial charge in [0.1, 0.15) is 0 Å². The highest BCUT2D eigenvalue weighted by atomic mass is 16.3. The zero-order valence-electron chi connectivity index (χ0n) is 9.50. The fourth-order valence-corrected chi connectivity index (χ4v) is 2.12. The van der Waals surface area contributed by atoms with Gasteiger partial charge in [0.25, 0.3) is 0 Å². The molecule has 2 N–H and O–H groups in total. The van der Waals surface area contributed by atoms with E-state index in [0.717, 1.165) is 26.2 Å². The monoisotopic (exact) mass is 200 g/mol. The van der Waals surface area contributed by atoms with Crippen molar-refractivity contribution in [1.82, 2.24) is 10.2 Å². The zero-order chi connectivity index (χ0) is 10.4. The first-order chi connectivity index (χ1) is 6.77. The van der Waals surface area contributed by atoms with E-state index >= 15 is 0 Å². The Bertz CT molecular complexity index is 146. The molecule has 1 saturated heterocycles. The molecule has 0 saturated carbocycles. The van der Waals surface area contributed by atoms with Gasteiger partial charge in [0.2, 0.25) is 0 Å². The second-order valence-corrected chi connectivity index (χ2v) is 4.43. The van der Waals surface area contributed by atoms with Crippen LogP contribution in [0.5, 0.6) is 0 Å². The van der Waals surface area contributed by atoms with E-state index < -0.39 is 0 Å². The Kier molecular flexibility index (Phi) is 5.45. The van der Waals surface area contributed by atoms with Crippen LogP contribution < -0.4 is 5.32 Å². The fraction of sp³-hybridized carbons (Fsp3) is 1.00. The molecule has 0 aliphatic carbocycles. The van der Waals surface area contributed by atoms with Crippen molar-refractivity contribution in [1.29, 1.82) is 0 Å². The van der Waals surface area contributed by atoms with E-state index in [9.17, 15) is 0 Å². The summed E-state index contributed by atoms with van der Waals surface area (Å²) >= 11 is 0. The third-order valence-corrected chi connectivity index (χ3v) is 2.92. The Labute approximate surface area is 87.5 Å². The van der Waals surface area contributed by atoms with Gasteiger partial charge in [-0.25, -0.2) is 0 Å². The van der Waals surface area contributed by atoms with E-state index in [-0.39, 0.29) is 0 Å². The van der Waals surface area contributed by atoms with Crippen LogP contribution >= 0.6 is 0 Å². The molecule has 3 nitrogen and oxygen atoms in total. The number of aliphatic hydroxyl groups excluding tert-OH is 1. The molecule has 1 heterocycles. The molecule has 0 amide bonds. The number of aliphatic hydroxyl groups is 1. The minimum Gasteiger partial charge on any atom is -0.396 e. The summed E-state index contributed by atoms with van der Waals surface area (Å²) in [5.74, 6) is 0.405. The molecule has 84 valence electrons. The van der Waals surface area contributed by atoms with Crippen LogP contribution in [0.15, 0.2) is 0 Å². The predicted octanol–water partition coefficient (Wildman–Crippen LogP) is 0.689. The second-order valence-electron chi connectivity index (χ2n) is 4.43. The van der Waals surface area contributed by atoms with Crippen molar-refractivity contribution in [3.8, 4) is 0 Å². The van der Waals surface area contributed by atoms with Gasteiger partial charge in [-0.05, 0) is 31.8 Å². The lowest BCUT2D eigenvalue weighted by Gasteiger charge is -2.30. The maximum absolute atomic E-state index is 9.05. The summed E-state index contributed by atoms with van der Waals surface area (Å²) in [6.07, 6.45) is 2.47. The van der Waals surface area contributed by atoms with Gasteiger partial charge in [-0.15, -0.1) is 0 Å². The van der Waals surface area contributed by atoms with Gasteiger partial charge in [-0.3, -0.25) is 4.90 Å². The maximum atomic E-state index is 9.05. The summed E-state index contributed by atoms with van der Waals surface area (Å²) in [5, 5.41) is 12.5. The number of nitrogens with one attached hydrogen (secondary N) is 1. The van der Waals surface area contributed by atoms with Gasteiger partial charge < -0.3 is 10.4 Å². The topological polar surface area (TPSA) is 35.5 Å². The molecule has 3 heteroatoms. The smallest absolute Gasteiger partial charge is 0.0468 e.